The molecule has 38 valence electrons. The van der Waals surface area contributed by atoms with Crippen LogP contribution < -0.4 is 51.4 Å². The van der Waals surface area contributed by atoms with Crippen LogP contribution in [0.25, 0.3) is 0 Å². The molecule has 0 fully saturated rings. The van der Waals surface area contributed by atoms with E-state index in [1.54, 1.807) is 0 Å². The Bertz CT molecular complexity index is 25.4. The van der Waals surface area contributed by atoms with Crippen LogP contribution >= 0.6 is 0 Å². The fraction of sp³-hybridized carbons (Fsp3) is 0.833. The molecule has 0 bridgehead atoms. The van der Waals surface area contributed by atoms with E-state index < -0.39 is 0 Å². The Morgan fingerprint density at radius 3 is 1.86 bits per heavy atom. The second-order valence-corrected chi connectivity index (χ2v) is 2.04. The van der Waals surface area contributed by atoms with E-state index in [0.29, 0.717) is 0 Å². The Hall–Kier alpha value is 1.64. The van der Waals surface area contributed by atoms with E-state index in [9.17, 15) is 0 Å². The van der Waals surface area contributed by atoms with Crippen molar-refractivity contribution in [1.29, 1.82) is 0 Å². The van der Waals surface area contributed by atoms with Crippen LogP contribution in [0.5, 0.6) is 0 Å². The molecule has 0 atom stereocenters. The van der Waals surface area contributed by atoms with Gasteiger partial charge in [0.05, 0.1) is 0 Å². The third-order valence-electron chi connectivity index (χ3n) is 0.707. The van der Waals surface area contributed by atoms with Gasteiger partial charge in [-0.25, -0.2) is 0 Å². The SMILES string of the molecule is C[CH-]CC(C)C.[K+]. The fourth-order valence-electron chi connectivity index (χ4n) is 0.471. The van der Waals surface area contributed by atoms with Crippen molar-refractivity contribution in [2.75, 3.05) is 0 Å². The second-order valence-electron chi connectivity index (χ2n) is 2.04. The van der Waals surface area contributed by atoms with Gasteiger partial charge in [-0.15, -0.1) is 0 Å². The summed E-state index contributed by atoms with van der Waals surface area (Å²) in [5, 5.41) is 0. The van der Waals surface area contributed by atoms with Crippen molar-refractivity contribution in [2.45, 2.75) is 27.2 Å². The molecule has 0 aromatic rings. The molecule has 1 heteroatoms. The Balaban J connectivity index is 0. The summed E-state index contributed by atoms with van der Waals surface area (Å²) < 4.78 is 0. The summed E-state index contributed by atoms with van der Waals surface area (Å²) in [6.07, 6.45) is 3.45. The normalized spacial score (nSPS) is 8.57. The van der Waals surface area contributed by atoms with Gasteiger partial charge in [-0.3, -0.25) is 0 Å². The Morgan fingerprint density at radius 1 is 1.43 bits per heavy atom. The molecule has 7 heavy (non-hydrogen) atoms. The van der Waals surface area contributed by atoms with Gasteiger partial charge in [-0.2, -0.15) is 13.3 Å². The van der Waals surface area contributed by atoms with Crippen molar-refractivity contribution < 1.29 is 51.4 Å². The number of hydrogen-bond acceptors (Lipinski definition) is 0. The average molecular weight is 124 g/mol. The molecule has 0 saturated heterocycles. The summed E-state index contributed by atoms with van der Waals surface area (Å²) in [6.45, 7) is 6.54. The van der Waals surface area contributed by atoms with Crippen molar-refractivity contribution in [3.63, 3.8) is 0 Å². The van der Waals surface area contributed by atoms with Crippen molar-refractivity contribution in [2.24, 2.45) is 5.92 Å². The van der Waals surface area contributed by atoms with E-state index in [4.69, 9.17) is 0 Å². The van der Waals surface area contributed by atoms with Gasteiger partial charge in [0.15, 0.2) is 0 Å². The zero-order valence-corrected chi connectivity index (χ0v) is 8.98. The van der Waals surface area contributed by atoms with Crippen LogP contribution in [0.2, 0.25) is 0 Å². The topological polar surface area (TPSA) is 0 Å². The minimum atomic E-state index is 0. The Morgan fingerprint density at radius 2 is 1.86 bits per heavy atom. The van der Waals surface area contributed by atoms with Crippen LogP contribution in [0.3, 0.4) is 0 Å². The predicted octanol–water partition coefficient (Wildman–Crippen LogP) is -0.739. The van der Waals surface area contributed by atoms with Crippen molar-refractivity contribution in [3.05, 3.63) is 6.42 Å². The minimum Gasteiger partial charge on any atom is -0.331 e. The molecule has 0 heterocycles. The molecule has 0 spiro atoms. The van der Waals surface area contributed by atoms with E-state index in [1.165, 1.54) is 6.42 Å². The molecule has 0 radical (unpaired) electrons. The first-order valence-electron chi connectivity index (χ1n) is 2.55. The largest absolute Gasteiger partial charge is 1.00 e. The molecule has 0 aromatic heterocycles. The smallest absolute Gasteiger partial charge is 0.331 e. The maximum Gasteiger partial charge on any atom is 1.00 e. The van der Waals surface area contributed by atoms with Gasteiger partial charge in [0, 0.05) is 0 Å². The molecule has 0 rings (SSSR count). The Labute approximate surface area is 89.5 Å². The molecule has 0 aliphatic rings. The van der Waals surface area contributed by atoms with Crippen LogP contribution in [0, 0.1) is 12.3 Å². The third kappa shape index (κ3) is 11.3. The van der Waals surface area contributed by atoms with Gasteiger partial charge in [0.25, 0.3) is 0 Å². The summed E-state index contributed by atoms with van der Waals surface area (Å²) in [6, 6.07) is 0. The standard InChI is InChI=1S/C6H13.K/c1-4-5-6(2)3;/h4,6H,5H2,1-3H3;/q-1;+1. The van der Waals surface area contributed by atoms with E-state index in [2.05, 4.69) is 27.2 Å². The fourth-order valence-corrected chi connectivity index (χ4v) is 0.471. The van der Waals surface area contributed by atoms with Gasteiger partial charge < -0.3 is 6.42 Å². The van der Waals surface area contributed by atoms with Gasteiger partial charge in [-0.1, -0.05) is 19.8 Å². The van der Waals surface area contributed by atoms with E-state index in [1.807, 2.05) is 0 Å². The number of rotatable bonds is 2. The number of hydrogen-bond donors (Lipinski definition) is 0. The summed E-state index contributed by atoms with van der Waals surface area (Å²) in [5.74, 6) is 0.843. The molecule has 0 unspecified atom stereocenters. The molecule has 0 aliphatic heterocycles. The molecule has 0 N–H and O–H groups in total. The molecule has 0 amide bonds. The minimum absolute atomic E-state index is 0. The maximum atomic E-state index is 2.22. The summed E-state index contributed by atoms with van der Waals surface area (Å²) in [4.78, 5) is 0. The van der Waals surface area contributed by atoms with Gasteiger partial charge in [-0.05, 0) is 0 Å². The summed E-state index contributed by atoms with van der Waals surface area (Å²) in [7, 11) is 0. The quantitative estimate of drug-likeness (QED) is 0.336. The molecule has 0 saturated carbocycles. The average Bonchev–Trinajstić information content (AvgIpc) is 1.35. The second kappa shape index (κ2) is 7.64. The first-order valence-corrected chi connectivity index (χ1v) is 2.55. The van der Waals surface area contributed by atoms with Crippen molar-refractivity contribution >= 4 is 0 Å². The monoisotopic (exact) mass is 124 g/mol. The summed E-state index contributed by atoms with van der Waals surface area (Å²) >= 11 is 0. The summed E-state index contributed by atoms with van der Waals surface area (Å²) in [5.41, 5.74) is 0. The van der Waals surface area contributed by atoms with Crippen LogP contribution in [-0.4, -0.2) is 0 Å². The first kappa shape index (κ1) is 11.4. The third-order valence-corrected chi connectivity index (χ3v) is 0.707. The zero-order valence-electron chi connectivity index (χ0n) is 5.86. The van der Waals surface area contributed by atoms with Crippen LogP contribution in [0.1, 0.15) is 27.2 Å². The van der Waals surface area contributed by atoms with Gasteiger partial charge >= 0.3 is 51.4 Å². The van der Waals surface area contributed by atoms with Crippen molar-refractivity contribution in [1.82, 2.24) is 0 Å². The predicted molar refractivity (Wildman–Crippen MR) is 29.4 cm³/mol. The van der Waals surface area contributed by atoms with E-state index >= 15 is 0 Å². The Kier molecular flexibility index (Phi) is 12.5. The van der Waals surface area contributed by atoms with Crippen molar-refractivity contribution in [3.8, 4) is 0 Å². The molecule has 0 aliphatic carbocycles. The van der Waals surface area contributed by atoms with Crippen LogP contribution in [0.4, 0.5) is 0 Å². The van der Waals surface area contributed by atoms with Crippen LogP contribution in [0.15, 0.2) is 0 Å². The van der Waals surface area contributed by atoms with Gasteiger partial charge in [0.2, 0.25) is 0 Å². The van der Waals surface area contributed by atoms with Crippen LogP contribution in [-0.2, 0) is 0 Å². The molecular weight excluding hydrogens is 111 g/mol. The molecule has 0 aromatic carbocycles. The van der Waals surface area contributed by atoms with E-state index in [0.717, 1.165) is 5.92 Å². The molecular formula is C6H13K. The maximum absolute atomic E-state index is 2.22. The zero-order chi connectivity index (χ0) is 4.99. The van der Waals surface area contributed by atoms with E-state index in [-0.39, 0.29) is 51.4 Å². The first-order chi connectivity index (χ1) is 2.77. The molecule has 0 nitrogen and oxygen atoms in total. The van der Waals surface area contributed by atoms with Gasteiger partial charge in [0.1, 0.15) is 0 Å².